The highest BCUT2D eigenvalue weighted by atomic mass is 35.5. The fourth-order valence-electron chi connectivity index (χ4n) is 2.42. The maximum Gasteiger partial charge on any atom is 0.411 e. The zero-order valence-electron chi connectivity index (χ0n) is 12.5. The number of nitrogens with zero attached hydrogens (tertiary/aromatic N) is 1. The molecule has 6 heteroatoms. The van der Waals surface area contributed by atoms with Crippen molar-refractivity contribution in [3.05, 3.63) is 24.3 Å². The summed E-state index contributed by atoms with van der Waals surface area (Å²) in [5.41, 5.74) is 0.622. The minimum atomic E-state index is -0.437. The van der Waals surface area contributed by atoms with E-state index >= 15 is 0 Å². The molecule has 1 heterocycles. The number of amides is 1. The first kappa shape index (κ1) is 17.6. The first-order valence-electron chi connectivity index (χ1n) is 6.97. The molecular weight excluding hydrogens is 292 g/mol. The number of benzene rings is 1. The largest absolute Gasteiger partial charge is 0.495 e. The Morgan fingerprint density at radius 3 is 2.86 bits per heavy atom. The molecule has 0 saturated carbocycles. The van der Waals surface area contributed by atoms with Crippen LogP contribution in [0.15, 0.2) is 24.3 Å². The molecule has 2 rings (SSSR count). The van der Waals surface area contributed by atoms with E-state index in [2.05, 4.69) is 17.3 Å². The van der Waals surface area contributed by atoms with Gasteiger partial charge in [-0.25, -0.2) is 4.79 Å². The Labute approximate surface area is 132 Å². The molecule has 1 amide bonds. The lowest BCUT2D eigenvalue weighted by Crippen LogP contribution is -2.40. The third kappa shape index (κ3) is 5.10. The second-order valence-corrected chi connectivity index (χ2v) is 5.05. The standard InChI is InChI=1S/C15H22N2O3.ClH/c1-17-10-6-5-7-12(17)11-20-15(18)16-13-8-3-4-9-14(13)19-2;/h3-4,8-9,12H,5-7,10-11H2,1-2H3,(H,16,18);1H. The number of piperidine rings is 1. The summed E-state index contributed by atoms with van der Waals surface area (Å²) in [6.07, 6.45) is 3.07. The molecule has 1 atom stereocenters. The van der Waals surface area contributed by atoms with Crippen LogP contribution in [0.1, 0.15) is 19.3 Å². The molecule has 1 aliphatic rings. The van der Waals surface area contributed by atoms with E-state index in [0.29, 0.717) is 24.1 Å². The zero-order chi connectivity index (χ0) is 14.4. The average Bonchev–Trinajstić information content (AvgIpc) is 2.47. The Bertz CT molecular complexity index is 456. The number of carbonyl (C=O) groups is 1. The third-order valence-electron chi connectivity index (χ3n) is 3.67. The number of para-hydroxylation sites is 2. The fraction of sp³-hybridized carbons (Fsp3) is 0.533. The summed E-state index contributed by atoms with van der Waals surface area (Å²) in [7, 11) is 3.65. The Morgan fingerprint density at radius 1 is 1.38 bits per heavy atom. The Balaban J connectivity index is 0.00000220. The smallest absolute Gasteiger partial charge is 0.411 e. The molecule has 1 aliphatic heterocycles. The maximum absolute atomic E-state index is 11.8. The van der Waals surface area contributed by atoms with Crippen LogP contribution in [0.3, 0.4) is 0 Å². The Morgan fingerprint density at radius 2 is 2.14 bits per heavy atom. The number of hydrogen-bond donors (Lipinski definition) is 1. The number of anilines is 1. The highest BCUT2D eigenvalue weighted by molar-refractivity contribution is 5.86. The van der Waals surface area contributed by atoms with Crippen LogP contribution in [0.2, 0.25) is 0 Å². The van der Waals surface area contributed by atoms with Crippen molar-refractivity contribution >= 4 is 24.2 Å². The van der Waals surface area contributed by atoms with E-state index in [1.54, 1.807) is 19.2 Å². The number of methoxy groups -OCH3 is 1. The SMILES string of the molecule is COc1ccccc1NC(=O)OCC1CCCCN1C.Cl. The predicted molar refractivity (Wildman–Crippen MR) is 85.5 cm³/mol. The van der Waals surface area contributed by atoms with Gasteiger partial charge in [0.1, 0.15) is 12.4 Å². The van der Waals surface area contributed by atoms with Crippen LogP contribution in [0.25, 0.3) is 0 Å². The first-order chi connectivity index (χ1) is 9.70. The molecular formula is C15H23ClN2O3. The molecule has 1 unspecified atom stereocenters. The van der Waals surface area contributed by atoms with E-state index in [-0.39, 0.29) is 12.4 Å². The lowest BCUT2D eigenvalue weighted by molar-refractivity contribution is 0.0907. The molecule has 1 fully saturated rings. The summed E-state index contributed by atoms with van der Waals surface area (Å²) in [6.45, 7) is 1.50. The molecule has 118 valence electrons. The van der Waals surface area contributed by atoms with Crippen LogP contribution in [0.5, 0.6) is 5.75 Å². The summed E-state index contributed by atoms with van der Waals surface area (Å²) in [5.74, 6) is 0.624. The van der Waals surface area contributed by atoms with Crippen LogP contribution in [0, 0.1) is 0 Å². The van der Waals surface area contributed by atoms with Crippen molar-refractivity contribution in [1.82, 2.24) is 4.90 Å². The quantitative estimate of drug-likeness (QED) is 0.927. The summed E-state index contributed by atoms with van der Waals surface area (Å²) >= 11 is 0. The second-order valence-electron chi connectivity index (χ2n) is 5.05. The van der Waals surface area contributed by atoms with Gasteiger partial charge in [-0.3, -0.25) is 5.32 Å². The van der Waals surface area contributed by atoms with Crippen molar-refractivity contribution in [2.24, 2.45) is 0 Å². The van der Waals surface area contributed by atoms with Gasteiger partial charge in [-0.2, -0.15) is 0 Å². The van der Waals surface area contributed by atoms with Crippen LogP contribution in [-0.2, 0) is 4.74 Å². The van der Waals surface area contributed by atoms with Crippen molar-refractivity contribution in [3.8, 4) is 5.75 Å². The van der Waals surface area contributed by atoms with E-state index in [4.69, 9.17) is 9.47 Å². The van der Waals surface area contributed by atoms with E-state index < -0.39 is 6.09 Å². The average molecular weight is 315 g/mol. The molecule has 1 aromatic carbocycles. The topological polar surface area (TPSA) is 50.8 Å². The Kier molecular flexibility index (Phi) is 7.32. The molecule has 0 bridgehead atoms. The van der Waals surface area contributed by atoms with Gasteiger partial charge in [-0.15, -0.1) is 12.4 Å². The van der Waals surface area contributed by atoms with Crippen LogP contribution >= 0.6 is 12.4 Å². The molecule has 1 saturated heterocycles. The highest BCUT2D eigenvalue weighted by Crippen LogP contribution is 2.23. The molecule has 1 N–H and O–H groups in total. The zero-order valence-corrected chi connectivity index (χ0v) is 13.3. The lowest BCUT2D eigenvalue weighted by atomic mass is 10.0. The number of ether oxygens (including phenoxy) is 2. The number of nitrogens with one attached hydrogen (secondary N) is 1. The monoisotopic (exact) mass is 314 g/mol. The van der Waals surface area contributed by atoms with Crippen molar-refractivity contribution in [2.45, 2.75) is 25.3 Å². The molecule has 0 spiro atoms. The van der Waals surface area contributed by atoms with E-state index in [1.165, 1.54) is 12.8 Å². The van der Waals surface area contributed by atoms with Crippen molar-refractivity contribution in [2.75, 3.05) is 32.6 Å². The minimum Gasteiger partial charge on any atom is -0.495 e. The number of hydrogen-bond acceptors (Lipinski definition) is 4. The summed E-state index contributed by atoms with van der Waals surface area (Å²) < 4.78 is 10.5. The molecule has 21 heavy (non-hydrogen) atoms. The van der Waals surface area contributed by atoms with Gasteiger partial charge in [0.25, 0.3) is 0 Å². The normalized spacial score (nSPS) is 18.5. The molecule has 0 radical (unpaired) electrons. The van der Waals surface area contributed by atoms with Gasteiger partial charge < -0.3 is 14.4 Å². The third-order valence-corrected chi connectivity index (χ3v) is 3.67. The summed E-state index contributed by atoms with van der Waals surface area (Å²) in [5, 5.41) is 2.71. The first-order valence-corrected chi connectivity index (χ1v) is 6.97. The van der Waals surface area contributed by atoms with Gasteiger partial charge in [0, 0.05) is 6.04 Å². The van der Waals surface area contributed by atoms with Gasteiger partial charge in [0.15, 0.2) is 0 Å². The highest BCUT2D eigenvalue weighted by Gasteiger charge is 2.20. The fourth-order valence-corrected chi connectivity index (χ4v) is 2.42. The van der Waals surface area contributed by atoms with E-state index in [0.717, 1.165) is 13.0 Å². The number of rotatable bonds is 4. The molecule has 1 aromatic rings. The minimum absolute atomic E-state index is 0. The lowest BCUT2D eigenvalue weighted by Gasteiger charge is -2.31. The Hall–Kier alpha value is -1.46. The summed E-state index contributed by atoms with van der Waals surface area (Å²) in [4.78, 5) is 14.1. The molecule has 0 aromatic heterocycles. The number of carbonyl (C=O) groups excluding carboxylic acids is 1. The van der Waals surface area contributed by atoms with Gasteiger partial charge >= 0.3 is 6.09 Å². The second kappa shape index (κ2) is 8.74. The van der Waals surface area contributed by atoms with Gasteiger partial charge in [-0.05, 0) is 38.6 Å². The number of likely N-dealkylation sites (tertiary alicyclic amines) is 1. The van der Waals surface area contributed by atoms with Gasteiger partial charge in [0.05, 0.1) is 12.8 Å². The number of halogens is 1. The van der Waals surface area contributed by atoms with E-state index in [1.807, 2.05) is 12.1 Å². The van der Waals surface area contributed by atoms with E-state index in [9.17, 15) is 4.79 Å². The molecule has 5 nitrogen and oxygen atoms in total. The van der Waals surface area contributed by atoms with Crippen LogP contribution < -0.4 is 10.1 Å². The maximum atomic E-state index is 11.8. The van der Waals surface area contributed by atoms with Gasteiger partial charge in [0.2, 0.25) is 0 Å². The van der Waals surface area contributed by atoms with Crippen molar-refractivity contribution < 1.29 is 14.3 Å². The van der Waals surface area contributed by atoms with Crippen LogP contribution in [-0.4, -0.2) is 44.3 Å². The predicted octanol–water partition coefficient (Wildman–Crippen LogP) is 3.15. The van der Waals surface area contributed by atoms with Crippen molar-refractivity contribution in [3.63, 3.8) is 0 Å². The van der Waals surface area contributed by atoms with Crippen molar-refractivity contribution in [1.29, 1.82) is 0 Å². The summed E-state index contributed by atoms with van der Waals surface area (Å²) in [6, 6.07) is 7.60. The molecule has 0 aliphatic carbocycles. The number of likely N-dealkylation sites (N-methyl/N-ethyl adjacent to an activating group) is 1. The van der Waals surface area contributed by atoms with Crippen LogP contribution in [0.4, 0.5) is 10.5 Å². The van der Waals surface area contributed by atoms with Gasteiger partial charge in [-0.1, -0.05) is 18.6 Å².